The third-order valence-corrected chi connectivity index (χ3v) is 5.51. The molecule has 0 saturated heterocycles. The second-order valence-corrected chi connectivity index (χ2v) is 7.72. The third kappa shape index (κ3) is 4.06. The molecule has 2 nitrogen and oxygen atoms in total. The van der Waals surface area contributed by atoms with Gasteiger partial charge in [-0.15, -0.1) is 0 Å². The van der Waals surface area contributed by atoms with Gasteiger partial charge in [-0.05, 0) is 54.9 Å². The fourth-order valence-electron chi connectivity index (χ4n) is 2.94. The van der Waals surface area contributed by atoms with Crippen molar-refractivity contribution in [3.05, 3.63) is 29.3 Å². The Labute approximate surface area is 129 Å². The van der Waals surface area contributed by atoms with Gasteiger partial charge >= 0.3 is 0 Å². The third-order valence-electron chi connectivity index (χ3n) is 4.18. The van der Waals surface area contributed by atoms with Crippen LogP contribution in [0.1, 0.15) is 40.0 Å². The lowest BCUT2D eigenvalue weighted by atomic mass is 9.75. The van der Waals surface area contributed by atoms with Gasteiger partial charge in [0.05, 0.1) is 11.0 Å². The van der Waals surface area contributed by atoms with Crippen molar-refractivity contribution in [2.75, 3.05) is 0 Å². The first-order chi connectivity index (χ1) is 9.47. The van der Waals surface area contributed by atoms with Crippen LogP contribution in [0.2, 0.25) is 5.02 Å². The fourth-order valence-corrected chi connectivity index (χ4v) is 3.98. The van der Waals surface area contributed by atoms with Gasteiger partial charge in [-0.3, -0.25) is 4.18 Å². The monoisotopic (exact) mass is 314 g/mol. The van der Waals surface area contributed by atoms with E-state index in [-0.39, 0.29) is 6.10 Å². The van der Waals surface area contributed by atoms with E-state index in [0.717, 1.165) is 6.42 Å². The number of halogens is 1. The molecule has 0 amide bonds. The predicted molar refractivity (Wildman–Crippen MR) is 84.1 cm³/mol. The van der Waals surface area contributed by atoms with Crippen LogP contribution in [0.3, 0.4) is 0 Å². The largest absolute Gasteiger partial charge is 0.283 e. The Morgan fingerprint density at radius 2 is 1.90 bits per heavy atom. The van der Waals surface area contributed by atoms with Crippen LogP contribution < -0.4 is 0 Å². The van der Waals surface area contributed by atoms with E-state index in [1.807, 2.05) is 0 Å². The highest BCUT2D eigenvalue weighted by molar-refractivity contribution is 7.80. The van der Waals surface area contributed by atoms with E-state index in [2.05, 4.69) is 20.8 Å². The molecule has 0 spiro atoms. The van der Waals surface area contributed by atoms with Gasteiger partial charge in [0.1, 0.15) is 0 Å². The lowest BCUT2D eigenvalue weighted by molar-refractivity contribution is 0.0567. The van der Waals surface area contributed by atoms with Crippen molar-refractivity contribution in [3.8, 4) is 0 Å². The molecule has 20 heavy (non-hydrogen) atoms. The lowest BCUT2D eigenvalue weighted by Gasteiger charge is -2.36. The summed E-state index contributed by atoms with van der Waals surface area (Å²) in [5.74, 6) is 1.72. The van der Waals surface area contributed by atoms with Crippen molar-refractivity contribution in [3.63, 3.8) is 0 Å². The minimum atomic E-state index is -1.40. The molecule has 1 aromatic carbocycles. The SMILES string of the molecule is CC(C)[C@@H]1CC[C@@H](C)C[C@H]1OS(=O)c1ccc(Cl)cc1. The Morgan fingerprint density at radius 3 is 2.50 bits per heavy atom. The molecule has 1 saturated carbocycles. The van der Waals surface area contributed by atoms with E-state index in [1.54, 1.807) is 24.3 Å². The summed E-state index contributed by atoms with van der Waals surface area (Å²) in [6.45, 7) is 6.70. The fraction of sp³-hybridized carbons (Fsp3) is 0.625. The molecule has 0 N–H and O–H groups in total. The summed E-state index contributed by atoms with van der Waals surface area (Å²) in [6.07, 6.45) is 3.51. The summed E-state index contributed by atoms with van der Waals surface area (Å²) in [5.41, 5.74) is 0. The highest BCUT2D eigenvalue weighted by atomic mass is 35.5. The van der Waals surface area contributed by atoms with Crippen LogP contribution in [-0.2, 0) is 15.3 Å². The molecule has 0 radical (unpaired) electrons. The van der Waals surface area contributed by atoms with Crippen LogP contribution in [0.15, 0.2) is 29.2 Å². The number of hydrogen-bond acceptors (Lipinski definition) is 2. The van der Waals surface area contributed by atoms with Gasteiger partial charge in [0.15, 0.2) is 11.1 Å². The van der Waals surface area contributed by atoms with E-state index in [4.69, 9.17) is 15.8 Å². The molecular formula is C16H23ClO2S. The van der Waals surface area contributed by atoms with Gasteiger partial charge in [-0.1, -0.05) is 38.8 Å². The summed E-state index contributed by atoms with van der Waals surface area (Å²) in [6, 6.07) is 7.05. The van der Waals surface area contributed by atoms with Crippen molar-refractivity contribution in [2.24, 2.45) is 17.8 Å². The maximum Gasteiger partial charge on any atom is 0.189 e. The number of benzene rings is 1. The van der Waals surface area contributed by atoms with E-state index < -0.39 is 11.1 Å². The molecule has 1 aliphatic carbocycles. The molecule has 0 aliphatic heterocycles. The van der Waals surface area contributed by atoms with Crippen LogP contribution in [0.4, 0.5) is 0 Å². The average molecular weight is 315 g/mol. The molecule has 1 fully saturated rings. The Balaban J connectivity index is 2.05. The van der Waals surface area contributed by atoms with Crippen molar-refractivity contribution in [1.29, 1.82) is 0 Å². The summed E-state index contributed by atoms with van der Waals surface area (Å²) in [4.78, 5) is 0.690. The normalized spacial score (nSPS) is 28.6. The van der Waals surface area contributed by atoms with Crippen molar-refractivity contribution in [2.45, 2.75) is 51.0 Å². The number of rotatable bonds is 4. The standard InChI is InChI=1S/C16H23ClO2S/c1-11(2)15-9-4-12(3)10-16(15)19-20(18)14-7-5-13(17)6-8-14/h5-8,11-12,15-16H,4,9-10H2,1-3H3/t12-,15+,16-,20?/m1/s1. The first kappa shape index (κ1) is 16.0. The van der Waals surface area contributed by atoms with Crippen LogP contribution in [0.5, 0.6) is 0 Å². The van der Waals surface area contributed by atoms with Crippen LogP contribution in [-0.4, -0.2) is 10.3 Å². The zero-order chi connectivity index (χ0) is 14.7. The quantitative estimate of drug-likeness (QED) is 0.795. The first-order valence-corrected chi connectivity index (χ1v) is 8.77. The van der Waals surface area contributed by atoms with Gasteiger partial charge in [-0.2, -0.15) is 0 Å². The zero-order valence-corrected chi connectivity index (χ0v) is 13.9. The second-order valence-electron chi connectivity index (χ2n) is 6.15. The molecule has 0 aromatic heterocycles. The highest BCUT2D eigenvalue weighted by Gasteiger charge is 2.33. The number of hydrogen-bond donors (Lipinski definition) is 0. The lowest BCUT2D eigenvalue weighted by Crippen LogP contribution is -2.34. The summed E-state index contributed by atoms with van der Waals surface area (Å²) >= 11 is 4.45. The molecule has 0 heterocycles. The van der Waals surface area contributed by atoms with Crippen molar-refractivity contribution in [1.82, 2.24) is 0 Å². The molecule has 0 bridgehead atoms. The summed E-state index contributed by atoms with van der Waals surface area (Å²) < 4.78 is 18.2. The Hall–Kier alpha value is -0.380. The van der Waals surface area contributed by atoms with E-state index in [9.17, 15) is 4.21 Å². The van der Waals surface area contributed by atoms with Crippen molar-refractivity contribution < 1.29 is 8.39 Å². The minimum Gasteiger partial charge on any atom is -0.283 e. The topological polar surface area (TPSA) is 26.3 Å². The van der Waals surface area contributed by atoms with E-state index in [1.165, 1.54) is 12.8 Å². The molecule has 4 heteroatoms. The predicted octanol–water partition coefficient (Wildman–Crippen LogP) is 4.84. The summed E-state index contributed by atoms with van der Waals surface area (Å²) in [7, 11) is 0. The maximum atomic E-state index is 12.3. The van der Waals surface area contributed by atoms with E-state index >= 15 is 0 Å². The van der Waals surface area contributed by atoms with E-state index in [0.29, 0.717) is 27.7 Å². The van der Waals surface area contributed by atoms with Gasteiger partial charge < -0.3 is 0 Å². The molecule has 1 aliphatic rings. The smallest absolute Gasteiger partial charge is 0.189 e. The molecular weight excluding hydrogens is 292 g/mol. The Bertz CT molecular complexity index is 458. The molecule has 4 atom stereocenters. The minimum absolute atomic E-state index is 0.0928. The van der Waals surface area contributed by atoms with Crippen molar-refractivity contribution >= 4 is 22.7 Å². The van der Waals surface area contributed by atoms with Gasteiger partial charge in [-0.25, -0.2) is 4.21 Å². The molecule has 1 unspecified atom stereocenters. The highest BCUT2D eigenvalue weighted by Crippen LogP contribution is 2.36. The van der Waals surface area contributed by atoms with Crippen LogP contribution in [0.25, 0.3) is 0 Å². The first-order valence-electron chi connectivity index (χ1n) is 7.32. The van der Waals surface area contributed by atoms with Gasteiger partial charge in [0.25, 0.3) is 0 Å². The van der Waals surface area contributed by atoms with Gasteiger partial charge in [0, 0.05) is 5.02 Å². The van der Waals surface area contributed by atoms with Gasteiger partial charge in [0.2, 0.25) is 0 Å². The second kappa shape index (κ2) is 7.06. The molecule has 2 rings (SSSR count). The molecule has 1 aromatic rings. The Morgan fingerprint density at radius 1 is 1.25 bits per heavy atom. The molecule has 112 valence electrons. The Kier molecular flexibility index (Phi) is 5.65. The maximum absolute atomic E-state index is 12.3. The van der Waals surface area contributed by atoms with Crippen LogP contribution in [0, 0.1) is 17.8 Å². The average Bonchev–Trinajstić information content (AvgIpc) is 2.39. The summed E-state index contributed by atoms with van der Waals surface area (Å²) in [5, 5.41) is 0.650. The zero-order valence-electron chi connectivity index (χ0n) is 12.3. The van der Waals surface area contributed by atoms with Crippen LogP contribution >= 0.6 is 11.6 Å².